The van der Waals surface area contributed by atoms with E-state index in [-0.39, 0.29) is 36.2 Å². The highest BCUT2D eigenvalue weighted by atomic mass is 35.5. The summed E-state index contributed by atoms with van der Waals surface area (Å²) in [6.07, 6.45) is 6.00. The molecule has 1 unspecified atom stereocenters. The van der Waals surface area contributed by atoms with Crippen molar-refractivity contribution in [2.24, 2.45) is 28.5 Å². The van der Waals surface area contributed by atoms with E-state index in [0.717, 1.165) is 23.4 Å². The van der Waals surface area contributed by atoms with E-state index in [1.54, 1.807) is 30.5 Å². The predicted molar refractivity (Wildman–Crippen MR) is 132 cm³/mol. The number of benzene rings is 1. The highest BCUT2D eigenvalue weighted by Crippen LogP contribution is 2.47. The molecule has 186 valence electrons. The van der Waals surface area contributed by atoms with Gasteiger partial charge in [0.25, 0.3) is 12.4 Å². The third-order valence-electron chi connectivity index (χ3n) is 6.92. The first-order valence-electron chi connectivity index (χ1n) is 11.5. The Morgan fingerprint density at radius 1 is 1.25 bits per heavy atom. The summed E-state index contributed by atoms with van der Waals surface area (Å²) in [7, 11) is 0. The molecule has 0 radical (unpaired) electrons. The van der Waals surface area contributed by atoms with Gasteiger partial charge in [0, 0.05) is 24.2 Å². The van der Waals surface area contributed by atoms with Crippen LogP contribution in [0.4, 0.5) is 11.4 Å². The molecule has 2 amide bonds. The zero-order valence-corrected chi connectivity index (χ0v) is 19.8. The summed E-state index contributed by atoms with van der Waals surface area (Å²) in [5, 5.41) is 15.5. The number of hydrogen-bond donors (Lipinski definition) is 4. The maximum Gasteiger partial charge on any atom is 0.295 e. The van der Waals surface area contributed by atoms with Crippen molar-refractivity contribution in [3.05, 3.63) is 64.5 Å². The third-order valence-corrected chi connectivity index (χ3v) is 7.21. The Kier molecular flexibility index (Phi) is 6.46. The predicted octanol–water partition coefficient (Wildman–Crippen LogP) is 1.72. The van der Waals surface area contributed by atoms with E-state index in [1.165, 1.54) is 0 Å². The molecule has 1 saturated carbocycles. The van der Waals surface area contributed by atoms with Gasteiger partial charge in [-0.05, 0) is 36.0 Å². The van der Waals surface area contributed by atoms with Crippen LogP contribution in [0.15, 0.2) is 47.6 Å². The lowest BCUT2D eigenvalue weighted by molar-refractivity contribution is -0.136. The number of amides is 2. The van der Waals surface area contributed by atoms with E-state index in [9.17, 15) is 14.4 Å². The number of ether oxygens (including phenoxy) is 1. The molecule has 2 aliphatic carbocycles. The van der Waals surface area contributed by atoms with Gasteiger partial charge >= 0.3 is 0 Å². The van der Waals surface area contributed by atoms with E-state index in [4.69, 9.17) is 27.4 Å². The fourth-order valence-electron chi connectivity index (χ4n) is 5.21. The van der Waals surface area contributed by atoms with Gasteiger partial charge in [-0.25, -0.2) is 4.99 Å². The summed E-state index contributed by atoms with van der Waals surface area (Å²) in [6, 6.07) is 6.58. The molecule has 1 fully saturated rings. The first kappa shape index (κ1) is 24.0. The molecular formula is C25H24ClN5O5. The second-order valence-corrected chi connectivity index (χ2v) is 9.42. The number of anilines is 1. The van der Waals surface area contributed by atoms with E-state index >= 15 is 0 Å². The van der Waals surface area contributed by atoms with Gasteiger partial charge in [0.05, 0.1) is 34.6 Å². The molecular weight excluding hydrogens is 486 g/mol. The van der Waals surface area contributed by atoms with Gasteiger partial charge in [0.15, 0.2) is 6.23 Å². The van der Waals surface area contributed by atoms with Crippen molar-refractivity contribution in [1.29, 1.82) is 0 Å². The van der Waals surface area contributed by atoms with E-state index in [2.05, 4.69) is 32.5 Å². The van der Waals surface area contributed by atoms with Gasteiger partial charge in [0.2, 0.25) is 5.91 Å². The van der Waals surface area contributed by atoms with Crippen LogP contribution in [0.5, 0.6) is 0 Å². The number of fused-ring (bicyclic) bond motifs is 3. The van der Waals surface area contributed by atoms with Crippen LogP contribution in [0, 0.1) is 17.8 Å². The van der Waals surface area contributed by atoms with Crippen molar-refractivity contribution in [3.63, 3.8) is 0 Å². The minimum Gasteiger partial charge on any atom is -0.441 e. The Morgan fingerprint density at radius 3 is 2.69 bits per heavy atom. The van der Waals surface area contributed by atoms with Crippen molar-refractivity contribution >= 4 is 47.0 Å². The Labute approximate surface area is 211 Å². The Balaban J connectivity index is 1.36. The maximum atomic E-state index is 12.4. The number of aliphatic hydroxyl groups excluding tert-OH is 1. The second-order valence-electron chi connectivity index (χ2n) is 9.01. The number of primary amides is 1. The van der Waals surface area contributed by atoms with Gasteiger partial charge < -0.3 is 26.2 Å². The van der Waals surface area contributed by atoms with Gasteiger partial charge in [-0.1, -0.05) is 35.9 Å². The fraction of sp³-hybridized carbons (Fsp3) is 0.320. The standard InChI is InChI=1S/C25H24ClN5O5/c26-16-9-28-18-8-17(12-1-3-13(4-2-12)25(35)30-19(10-32)36-11-33)29-23(18)22(16)31-21-15-6-5-14(7-15)20(21)24(27)34/h1-6,9,11,14-15,19-21,32H,7-8,10H2,(H2,27,34)(H,28,31)(H,30,35)/t14-,15+,19?,20+,21-/m1/s1. The number of allylic oxidation sites excluding steroid dienone is 1. The second kappa shape index (κ2) is 9.71. The summed E-state index contributed by atoms with van der Waals surface area (Å²) < 4.78 is 4.59. The number of rotatable bonds is 9. The van der Waals surface area contributed by atoms with Gasteiger partial charge in [0.1, 0.15) is 5.69 Å². The number of aliphatic hydroxyl groups is 1. The third kappa shape index (κ3) is 4.33. The minimum atomic E-state index is -1.12. The monoisotopic (exact) mass is 509 g/mol. The molecule has 11 heteroatoms. The highest BCUT2D eigenvalue weighted by molar-refractivity contribution is 6.34. The summed E-state index contributed by atoms with van der Waals surface area (Å²) in [4.78, 5) is 44.2. The normalized spacial score (nSPS) is 24.1. The molecule has 1 aromatic heterocycles. The van der Waals surface area contributed by atoms with Crippen LogP contribution in [-0.2, 0) is 20.7 Å². The van der Waals surface area contributed by atoms with Gasteiger partial charge in [-0.2, -0.15) is 0 Å². The van der Waals surface area contributed by atoms with Crippen LogP contribution >= 0.6 is 11.6 Å². The van der Waals surface area contributed by atoms with Gasteiger partial charge in [-0.3, -0.25) is 19.4 Å². The molecule has 3 aliphatic rings. The minimum absolute atomic E-state index is 0.131. The number of aromatic nitrogens is 1. The molecule has 2 heterocycles. The van der Waals surface area contributed by atoms with E-state index in [1.807, 2.05) is 0 Å². The number of nitrogens with two attached hydrogens (primary N) is 1. The molecule has 0 saturated heterocycles. The quantitative estimate of drug-likeness (QED) is 0.228. The molecule has 36 heavy (non-hydrogen) atoms. The number of nitrogens with zero attached hydrogens (tertiary/aromatic N) is 2. The Morgan fingerprint density at radius 2 is 2.00 bits per heavy atom. The molecule has 5 N–H and O–H groups in total. The summed E-state index contributed by atoms with van der Waals surface area (Å²) in [6.45, 7) is -0.381. The van der Waals surface area contributed by atoms with Crippen LogP contribution in [0.3, 0.4) is 0 Å². The van der Waals surface area contributed by atoms with Crippen LogP contribution in [0.1, 0.15) is 28.0 Å². The van der Waals surface area contributed by atoms with Crippen molar-refractivity contribution < 1.29 is 24.2 Å². The van der Waals surface area contributed by atoms with Crippen LogP contribution in [0.25, 0.3) is 0 Å². The molecule has 1 aromatic carbocycles. The lowest BCUT2D eigenvalue weighted by Crippen LogP contribution is -2.41. The van der Waals surface area contributed by atoms with Crippen LogP contribution in [-0.4, -0.2) is 53.0 Å². The Bertz CT molecular complexity index is 1280. The van der Waals surface area contributed by atoms with Gasteiger partial charge in [-0.15, -0.1) is 0 Å². The van der Waals surface area contributed by atoms with Crippen molar-refractivity contribution in [3.8, 4) is 0 Å². The zero-order chi connectivity index (χ0) is 25.4. The first-order valence-corrected chi connectivity index (χ1v) is 11.9. The summed E-state index contributed by atoms with van der Waals surface area (Å²) in [5.74, 6) is -0.819. The van der Waals surface area contributed by atoms with Crippen molar-refractivity contribution in [2.45, 2.75) is 25.1 Å². The number of nitrogens with one attached hydrogen (secondary N) is 2. The maximum absolute atomic E-state index is 12.4. The fourth-order valence-corrected chi connectivity index (χ4v) is 5.40. The topological polar surface area (TPSA) is 156 Å². The number of halogens is 1. The first-order chi connectivity index (χ1) is 17.4. The SMILES string of the molecule is NC(=O)[C@@H]1[C@H](Nc2c(Cl)cnc3c2N=C(c2ccc(C(=O)NC(CO)OC=O)cc2)C3)[C@H]2C=C[C@@H]1C2. The lowest BCUT2D eigenvalue weighted by Gasteiger charge is -2.28. The summed E-state index contributed by atoms with van der Waals surface area (Å²) in [5.41, 5.74) is 9.61. The highest BCUT2D eigenvalue weighted by Gasteiger charge is 2.48. The Hall–Kier alpha value is -3.76. The molecule has 5 atom stereocenters. The summed E-state index contributed by atoms with van der Waals surface area (Å²) >= 11 is 6.52. The van der Waals surface area contributed by atoms with Crippen LogP contribution in [0.2, 0.25) is 5.02 Å². The largest absolute Gasteiger partial charge is 0.441 e. The average molecular weight is 510 g/mol. The molecule has 10 nitrogen and oxygen atoms in total. The molecule has 1 aliphatic heterocycles. The van der Waals surface area contributed by atoms with E-state index in [0.29, 0.717) is 28.4 Å². The van der Waals surface area contributed by atoms with Crippen molar-refractivity contribution in [1.82, 2.24) is 10.3 Å². The number of aliphatic imine (C=N–C) groups is 1. The number of hydrogen-bond acceptors (Lipinski definition) is 8. The smallest absolute Gasteiger partial charge is 0.295 e. The molecule has 5 rings (SSSR count). The average Bonchev–Trinajstić information content (AvgIpc) is 3.60. The zero-order valence-electron chi connectivity index (χ0n) is 19.1. The van der Waals surface area contributed by atoms with E-state index < -0.39 is 18.7 Å². The molecule has 0 spiro atoms. The number of carbonyl (C=O) groups excluding carboxylic acids is 3. The molecule has 2 bridgehead atoms. The van der Waals surface area contributed by atoms with Crippen LogP contribution < -0.4 is 16.4 Å². The number of pyridine rings is 1. The number of carbonyl (C=O) groups is 3. The van der Waals surface area contributed by atoms with Crippen molar-refractivity contribution in [2.75, 3.05) is 11.9 Å². The lowest BCUT2D eigenvalue weighted by atomic mass is 9.88. The molecule has 2 aromatic rings.